The van der Waals surface area contributed by atoms with Crippen LogP contribution in [0.1, 0.15) is 46.1 Å². The van der Waals surface area contributed by atoms with Gasteiger partial charge in [0, 0.05) is 25.9 Å². The molecule has 12 nitrogen and oxygen atoms in total. The highest BCUT2D eigenvalue weighted by Gasteiger charge is 2.27. The van der Waals surface area contributed by atoms with Crippen LogP contribution in [0.4, 0.5) is 0 Å². The molecule has 238 valence electrons. The van der Waals surface area contributed by atoms with Crippen LogP contribution in [0.15, 0.2) is 53.5 Å². The molecule has 0 spiro atoms. The number of cyclic esters (lactones) is 2. The molecule has 1 aliphatic rings. The third kappa shape index (κ3) is 11.9. The first-order valence-corrected chi connectivity index (χ1v) is 15.6. The molecule has 3 N–H and O–H groups in total. The van der Waals surface area contributed by atoms with Crippen molar-refractivity contribution in [2.24, 2.45) is 11.8 Å². The molecular formula is C30H43N3O9S. The maximum Gasteiger partial charge on any atom is 0.328 e. The summed E-state index contributed by atoms with van der Waals surface area (Å²) < 4.78 is 45.0. The Labute approximate surface area is 253 Å². The predicted octanol–water partition coefficient (Wildman–Crippen LogP) is 1.93. The lowest BCUT2D eigenvalue weighted by Crippen LogP contribution is -2.45. The second-order valence-corrected chi connectivity index (χ2v) is 12.4. The zero-order valence-electron chi connectivity index (χ0n) is 25.5. The van der Waals surface area contributed by atoms with Crippen molar-refractivity contribution in [2.45, 2.75) is 76.6 Å². The quantitative estimate of drug-likeness (QED) is 0.336. The third-order valence-electron chi connectivity index (χ3n) is 6.90. The first-order valence-electron chi connectivity index (χ1n) is 14.1. The molecule has 0 aromatic heterocycles. The molecular weight excluding hydrogens is 578 g/mol. The summed E-state index contributed by atoms with van der Waals surface area (Å²) in [5, 5.41) is 5.14. The largest absolute Gasteiger partial charge is 0.462 e. The number of hydrogen-bond acceptors (Lipinski definition) is 9. The van der Waals surface area contributed by atoms with Crippen molar-refractivity contribution in [2.75, 3.05) is 20.3 Å². The molecule has 6 atom stereocenters. The van der Waals surface area contributed by atoms with Gasteiger partial charge in [-0.05, 0) is 38.8 Å². The van der Waals surface area contributed by atoms with Crippen LogP contribution in [-0.4, -0.2) is 76.7 Å². The van der Waals surface area contributed by atoms with Gasteiger partial charge in [-0.2, -0.15) is 0 Å². The molecule has 0 fully saturated rings. The van der Waals surface area contributed by atoms with Gasteiger partial charge in [0.05, 0.1) is 17.0 Å². The van der Waals surface area contributed by atoms with Gasteiger partial charge in [0.15, 0.2) is 0 Å². The molecule has 0 saturated heterocycles. The van der Waals surface area contributed by atoms with Crippen LogP contribution in [0, 0.1) is 18.8 Å². The van der Waals surface area contributed by atoms with Gasteiger partial charge in [0.1, 0.15) is 25.3 Å². The fraction of sp³-hybridized carbons (Fsp3) is 0.533. The maximum absolute atomic E-state index is 13.1. The lowest BCUT2D eigenvalue weighted by atomic mass is 10.0. The van der Waals surface area contributed by atoms with Crippen LogP contribution >= 0.6 is 0 Å². The summed E-state index contributed by atoms with van der Waals surface area (Å²) in [6.45, 7) is 7.94. The van der Waals surface area contributed by atoms with E-state index < -0.39 is 63.9 Å². The summed E-state index contributed by atoms with van der Waals surface area (Å²) in [5.74, 6) is -2.98. The Bertz CT molecular complexity index is 1280. The van der Waals surface area contributed by atoms with E-state index in [-0.39, 0.29) is 36.9 Å². The topological polar surface area (TPSA) is 166 Å². The molecule has 2 rings (SSSR count). The van der Waals surface area contributed by atoms with Gasteiger partial charge in [-0.15, -0.1) is 0 Å². The fourth-order valence-corrected chi connectivity index (χ4v) is 5.37. The standard InChI is InChI=1S/C30H43N3O9S/c1-19-13-15-24(16-14-19)43(38,39)33-25-17-41-29(36)22(4)31-28(35)12-8-10-21(3)26(40-6)18-42-30(37)23(5)32-27(34)11-7-9-20(25)2/h7-10,13-16,20-23,25-26,33H,11-12,17-18H2,1-6H3,(H,31,35)(H,32,34)/b9-7+,10-8+/t20?,21-,22+,23+,25-,26-/m1/s1. The van der Waals surface area contributed by atoms with Crippen molar-refractivity contribution in [3.63, 3.8) is 0 Å². The Hall–Kier alpha value is -3.55. The SMILES string of the molecule is CO[C@@H]1COC(=O)[C@H](C)NC(=O)C/C=C/C(C)[C@H](NS(=O)(=O)c2ccc(C)cc2)COC(=O)[C@H](C)NC(=O)C/C=C/[C@H]1C. The summed E-state index contributed by atoms with van der Waals surface area (Å²) in [4.78, 5) is 50.1. The minimum absolute atomic E-state index is 0.0257. The zero-order valence-corrected chi connectivity index (χ0v) is 26.3. The second kappa shape index (κ2) is 16.9. The number of hydrogen-bond donors (Lipinski definition) is 3. The van der Waals surface area contributed by atoms with E-state index in [0.29, 0.717) is 0 Å². The second-order valence-electron chi connectivity index (χ2n) is 10.6. The van der Waals surface area contributed by atoms with Crippen LogP contribution in [0.3, 0.4) is 0 Å². The first kappa shape index (κ1) is 35.6. The average molecular weight is 622 g/mol. The van der Waals surface area contributed by atoms with Crippen LogP contribution in [0.25, 0.3) is 0 Å². The number of ether oxygens (including phenoxy) is 3. The summed E-state index contributed by atoms with van der Waals surface area (Å²) >= 11 is 0. The van der Waals surface area contributed by atoms with E-state index in [2.05, 4.69) is 15.4 Å². The lowest BCUT2D eigenvalue weighted by Gasteiger charge is -2.24. The number of esters is 2. The Balaban J connectivity index is 2.27. The van der Waals surface area contributed by atoms with Crippen molar-refractivity contribution in [1.82, 2.24) is 15.4 Å². The number of rotatable bonds is 4. The molecule has 0 saturated carbocycles. The van der Waals surface area contributed by atoms with Gasteiger partial charge in [0.25, 0.3) is 0 Å². The smallest absolute Gasteiger partial charge is 0.328 e. The van der Waals surface area contributed by atoms with Crippen molar-refractivity contribution >= 4 is 33.8 Å². The molecule has 2 amide bonds. The van der Waals surface area contributed by atoms with Crippen molar-refractivity contribution in [3.8, 4) is 0 Å². The number of amides is 2. The van der Waals surface area contributed by atoms with Gasteiger partial charge < -0.3 is 24.8 Å². The van der Waals surface area contributed by atoms with Crippen molar-refractivity contribution in [1.29, 1.82) is 0 Å². The van der Waals surface area contributed by atoms with Gasteiger partial charge in [-0.25, -0.2) is 22.7 Å². The van der Waals surface area contributed by atoms with E-state index in [1.807, 2.05) is 13.8 Å². The number of benzene rings is 1. The molecule has 43 heavy (non-hydrogen) atoms. The van der Waals surface area contributed by atoms with Gasteiger partial charge in [0.2, 0.25) is 21.8 Å². The monoisotopic (exact) mass is 621 g/mol. The van der Waals surface area contributed by atoms with E-state index >= 15 is 0 Å². The molecule has 1 heterocycles. The van der Waals surface area contributed by atoms with Crippen molar-refractivity contribution in [3.05, 3.63) is 54.1 Å². The Morgan fingerprint density at radius 1 is 0.791 bits per heavy atom. The Kier molecular flexibility index (Phi) is 14.0. The normalized spacial score (nSPS) is 29.1. The predicted molar refractivity (Wildman–Crippen MR) is 159 cm³/mol. The number of nitrogens with one attached hydrogen (secondary N) is 3. The fourth-order valence-electron chi connectivity index (χ4n) is 4.05. The minimum atomic E-state index is -3.99. The van der Waals surface area contributed by atoms with E-state index in [0.717, 1.165) is 5.56 Å². The van der Waals surface area contributed by atoms with Crippen LogP contribution in [0.5, 0.6) is 0 Å². The number of methoxy groups -OCH3 is 1. The van der Waals surface area contributed by atoms with Crippen LogP contribution in [-0.2, 0) is 43.4 Å². The molecule has 0 aliphatic carbocycles. The van der Waals surface area contributed by atoms with Gasteiger partial charge >= 0.3 is 11.9 Å². The molecule has 13 heteroatoms. The third-order valence-corrected chi connectivity index (χ3v) is 8.41. The summed E-state index contributed by atoms with van der Waals surface area (Å²) in [6, 6.07) is 3.47. The number of carbonyl (C=O) groups is 4. The highest BCUT2D eigenvalue weighted by molar-refractivity contribution is 7.89. The number of sulfonamides is 1. The zero-order chi connectivity index (χ0) is 32.2. The molecule has 1 unspecified atom stereocenters. The average Bonchev–Trinajstić information content (AvgIpc) is 2.94. The van der Waals surface area contributed by atoms with Crippen LogP contribution in [0.2, 0.25) is 0 Å². The number of aryl methyl sites for hydroxylation is 1. The first-order chi connectivity index (χ1) is 20.2. The van der Waals surface area contributed by atoms with Crippen LogP contribution < -0.4 is 15.4 Å². The molecule has 0 bridgehead atoms. The minimum Gasteiger partial charge on any atom is -0.462 e. The van der Waals surface area contributed by atoms with E-state index in [4.69, 9.17) is 14.2 Å². The maximum atomic E-state index is 13.1. The molecule has 1 aromatic rings. The molecule has 1 aromatic carbocycles. The van der Waals surface area contributed by atoms with E-state index in [1.165, 1.54) is 39.2 Å². The van der Waals surface area contributed by atoms with Crippen molar-refractivity contribution < 1.29 is 41.8 Å². The van der Waals surface area contributed by atoms with E-state index in [9.17, 15) is 27.6 Å². The number of carbonyl (C=O) groups excluding carboxylic acids is 4. The van der Waals surface area contributed by atoms with E-state index in [1.54, 1.807) is 37.3 Å². The van der Waals surface area contributed by atoms with Gasteiger partial charge in [-0.1, -0.05) is 55.8 Å². The Morgan fingerprint density at radius 3 is 1.79 bits per heavy atom. The lowest BCUT2D eigenvalue weighted by molar-refractivity contribution is -0.151. The van der Waals surface area contributed by atoms with Gasteiger partial charge in [-0.3, -0.25) is 9.59 Å². The summed E-state index contributed by atoms with van der Waals surface area (Å²) in [7, 11) is -2.51. The summed E-state index contributed by atoms with van der Waals surface area (Å²) in [5.41, 5.74) is 0.888. The Morgan fingerprint density at radius 2 is 1.28 bits per heavy atom. The molecule has 0 radical (unpaired) electrons. The summed E-state index contributed by atoms with van der Waals surface area (Å²) in [6.07, 6.45) is 5.90. The highest BCUT2D eigenvalue weighted by Crippen LogP contribution is 2.15. The molecule has 1 aliphatic heterocycles. The highest BCUT2D eigenvalue weighted by atomic mass is 32.2.